The van der Waals surface area contributed by atoms with E-state index in [0.29, 0.717) is 24.7 Å². The van der Waals surface area contributed by atoms with Crippen LogP contribution < -0.4 is 10.2 Å². The molecule has 0 atom stereocenters. The SMILES string of the molecule is CN(C)CCNC(=O)C(C)(C)C(=O)N1CCN(c2cccc(Cl)c2)CC1. The molecule has 1 fully saturated rings. The maximum atomic E-state index is 12.9. The molecule has 26 heavy (non-hydrogen) atoms. The number of likely N-dealkylation sites (N-methyl/N-ethyl adjacent to an activating group) is 1. The van der Waals surface area contributed by atoms with E-state index in [2.05, 4.69) is 10.2 Å². The summed E-state index contributed by atoms with van der Waals surface area (Å²) in [6.45, 7) is 7.32. The molecule has 1 aliphatic heterocycles. The van der Waals surface area contributed by atoms with Crippen molar-refractivity contribution >= 4 is 29.1 Å². The highest BCUT2D eigenvalue weighted by Gasteiger charge is 2.39. The summed E-state index contributed by atoms with van der Waals surface area (Å²) in [6.07, 6.45) is 0. The van der Waals surface area contributed by atoms with Crippen molar-refractivity contribution in [1.29, 1.82) is 0 Å². The summed E-state index contributed by atoms with van der Waals surface area (Å²) in [5, 5.41) is 3.57. The van der Waals surface area contributed by atoms with Crippen molar-refractivity contribution in [2.75, 3.05) is 58.3 Å². The van der Waals surface area contributed by atoms with Gasteiger partial charge in [-0.15, -0.1) is 0 Å². The average Bonchev–Trinajstić information content (AvgIpc) is 2.60. The Balaban J connectivity index is 1.91. The fraction of sp³-hybridized carbons (Fsp3) is 0.579. The van der Waals surface area contributed by atoms with Crippen LogP contribution >= 0.6 is 11.6 Å². The fourth-order valence-electron chi connectivity index (χ4n) is 2.95. The maximum Gasteiger partial charge on any atom is 0.237 e. The van der Waals surface area contributed by atoms with Crippen LogP contribution in [0.5, 0.6) is 0 Å². The Morgan fingerprint density at radius 1 is 1.19 bits per heavy atom. The van der Waals surface area contributed by atoms with Crippen molar-refractivity contribution in [3.8, 4) is 0 Å². The van der Waals surface area contributed by atoms with Crippen molar-refractivity contribution in [2.24, 2.45) is 5.41 Å². The van der Waals surface area contributed by atoms with Crippen molar-refractivity contribution in [2.45, 2.75) is 13.8 Å². The van der Waals surface area contributed by atoms with Gasteiger partial charge < -0.3 is 20.0 Å². The quantitative estimate of drug-likeness (QED) is 0.763. The van der Waals surface area contributed by atoms with Crippen LogP contribution in [0.2, 0.25) is 5.02 Å². The number of carbonyl (C=O) groups is 2. The number of carbonyl (C=O) groups excluding carboxylic acids is 2. The first-order chi connectivity index (χ1) is 12.2. The van der Waals surface area contributed by atoms with E-state index >= 15 is 0 Å². The molecule has 0 bridgehead atoms. The normalized spacial score (nSPS) is 15.3. The number of anilines is 1. The lowest BCUT2D eigenvalue weighted by Gasteiger charge is -2.39. The Labute approximate surface area is 161 Å². The van der Waals surface area contributed by atoms with E-state index in [-0.39, 0.29) is 11.8 Å². The summed E-state index contributed by atoms with van der Waals surface area (Å²) < 4.78 is 0. The molecule has 1 saturated heterocycles. The summed E-state index contributed by atoms with van der Waals surface area (Å²) in [4.78, 5) is 31.3. The van der Waals surface area contributed by atoms with Gasteiger partial charge in [-0.05, 0) is 46.1 Å². The third-order valence-electron chi connectivity index (χ3n) is 4.69. The minimum absolute atomic E-state index is 0.120. The van der Waals surface area contributed by atoms with E-state index in [1.807, 2.05) is 43.3 Å². The largest absolute Gasteiger partial charge is 0.368 e. The van der Waals surface area contributed by atoms with Crippen LogP contribution in [0.4, 0.5) is 5.69 Å². The maximum absolute atomic E-state index is 12.9. The number of nitrogens with zero attached hydrogens (tertiary/aromatic N) is 3. The van der Waals surface area contributed by atoms with Crippen LogP contribution in [0.25, 0.3) is 0 Å². The van der Waals surface area contributed by atoms with E-state index in [1.165, 1.54) is 0 Å². The molecule has 1 aromatic rings. The zero-order chi connectivity index (χ0) is 19.3. The predicted molar refractivity (Wildman–Crippen MR) is 106 cm³/mol. The third kappa shape index (κ3) is 5.11. The van der Waals surface area contributed by atoms with Crippen LogP contribution in [0.1, 0.15) is 13.8 Å². The Kier molecular flexibility index (Phi) is 6.89. The number of hydrogen-bond acceptors (Lipinski definition) is 4. The molecule has 2 amide bonds. The highest BCUT2D eigenvalue weighted by atomic mass is 35.5. The number of rotatable bonds is 6. The van der Waals surface area contributed by atoms with Crippen molar-refractivity contribution in [1.82, 2.24) is 15.1 Å². The lowest BCUT2D eigenvalue weighted by molar-refractivity contribution is -0.148. The number of hydrogen-bond donors (Lipinski definition) is 1. The van der Waals surface area contributed by atoms with Gasteiger partial charge in [0.25, 0.3) is 0 Å². The molecule has 1 aromatic carbocycles. The van der Waals surface area contributed by atoms with Gasteiger partial charge in [-0.25, -0.2) is 0 Å². The van der Waals surface area contributed by atoms with E-state index in [4.69, 9.17) is 11.6 Å². The topological polar surface area (TPSA) is 55.9 Å². The molecule has 1 N–H and O–H groups in total. The second kappa shape index (κ2) is 8.73. The lowest BCUT2D eigenvalue weighted by Crippen LogP contribution is -2.55. The van der Waals surface area contributed by atoms with E-state index in [1.54, 1.807) is 18.7 Å². The van der Waals surface area contributed by atoms with E-state index < -0.39 is 5.41 Å². The molecule has 1 aliphatic rings. The van der Waals surface area contributed by atoms with Gasteiger partial charge in [0.15, 0.2) is 0 Å². The number of nitrogens with one attached hydrogen (secondary N) is 1. The standard InChI is InChI=1S/C19H29ClN4O2/c1-19(2,17(25)21-8-9-22(3)4)18(26)24-12-10-23(11-13-24)16-7-5-6-15(20)14-16/h5-7,14H,8-13H2,1-4H3,(H,21,25). The van der Waals surface area contributed by atoms with Crippen LogP contribution in [-0.4, -0.2) is 75.0 Å². The molecule has 144 valence electrons. The summed E-state index contributed by atoms with van der Waals surface area (Å²) >= 11 is 6.06. The molecule has 0 aliphatic carbocycles. The second-order valence-electron chi connectivity index (χ2n) is 7.44. The Morgan fingerprint density at radius 3 is 2.42 bits per heavy atom. The summed E-state index contributed by atoms with van der Waals surface area (Å²) in [7, 11) is 3.89. The highest BCUT2D eigenvalue weighted by molar-refractivity contribution is 6.30. The minimum Gasteiger partial charge on any atom is -0.368 e. The van der Waals surface area contributed by atoms with Gasteiger partial charge in [0.2, 0.25) is 11.8 Å². The lowest BCUT2D eigenvalue weighted by atomic mass is 9.90. The molecule has 0 aromatic heterocycles. The molecular formula is C19H29ClN4O2. The van der Waals surface area contributed by atoms with Crippen LogP contribution in [-0.2, 0) is 9.59 Å². The first-order valence-electron chi connectivity index (χ1n) is 8.94. The fourth-order valence-corrected chi connectivity index (χ4v) is 3.13. The summed E-state index contributed by atoms with van der Waals surface area (Å²) in [6, 6.07) is 7.73. The second-order valence-corrected chi connectivity index (χ2v) is 7.88. The van der Waals surface area contributed by atoms with E-state index in [9.17, 15) is 9.59 Å². The average molecular weight is 381 g/mol. The number of amides is 2. The van der Waals surface area contributed by atoms with Gasteiger partial charge in [0, 0.05) is 50.0 Å². The molecule has 7 heteroatoms. The Hall–Kier alpha value is -1.79. The molecule has 2 rings (SSSR count). The van der Waals surface area contributed by atoms with Crippen molar-refractivity contribution in [3.63, 3.8) is 0 Å². The molecule has 0 spiro atoms. The summed E-state index contributed by atoms with van der Waals surface area (Å²) in [5.41, 5.74) is -0.00449. The van der Waals surface area contributed by atoms with Gasteiger partial charge in [-0.1, -0.05) is 17.7 Å². The zero-order valence-electron chi connectivity index (χ0n) is 16.1. The van der Waals surface area contributed by atoms with Crippen molar-refractivity contribution < 1.29 is 9.59 Å². The number of piperazine rings is 1. The smallest absolute Gasteiger partial charge is 0.237 e. The van der Waals surface area contributed by atoms with E-state index in [0.717, 1.165) is 25.3 Å². The Morgan fingerprint density at radius 2 is 1.85 bits per heavy atom. The summed E-state index contributed by atoms with van der Waals surface area (Å²) in [5.74, 6) is -0.341. The van der Waals surface area contributed by atoms with Crippen LogP contribution in [0.3, 0.4) is 0 Å². The van der Waals surface area contributed by atoms with Gasteiger partial charge >= 0.3 is 0 Å². The van der Waals surface area contributed by atoms with Gasteiger partial charge in [0.1, 0.15) is 5.41 Å². The zero-order valence-corrected chi connectivity index (χ0v) is 16.8. The van der Waals surface area contributed by atoms with Crippen LogP contribution in [0.15, 0.2) is 24.3 Å². The highest BCUT2D eigenvalue weighted by Crippen LogP contribution is 2.24. The Bertz CT molecular complexity index is 640. The molecular weight excluding hydrogens is 352 g/mol. The van der Waals surface area contributed by atoms with Gasteiger partial charge in [-0.2, -0.15) is 0 Å². The predicted octanol–water partition coefficient (Wildman–Crippen LogP) is 1.69. The molecule has 1 heterocycles. The molecule has 0 unspecified atom stereocenters. The molecule has 6 nitrogen and oxygen atoms in total. The van der Waals surface area contributed by atoms with Gasteiger partial charge in [0.05, 0.1) is 0 Å². The molecule has 0 radical (unpaired) electrons. The van der Waals surface area contributed by atoms with Gasteiger partial charge in [-0.3, -0.25) is 9.59 Å². The monoisotopic (exact) mass is 380 g/mol. The van der Waals surface area contributed by atoms with Crippen molar-refractivity contribution in [3.05, 3.63) is 29.3 Å². The number of benzene rings is 1. The molecule has 0 saturated carbocycles. The van der Waals surface area contributed by atoms with Crippen LogP contribution in [0, 0.1) is 5.41 Å². The minimum atomic E-state index is -1.06. The first kappa shape index (κ1) is 20.5. The first-order valence-corrected chi connectivity index (χ1v) is 9.32. The number of halogens is 1. The third-order valence-corrected chi connectivity index (χ3v) is 4.92.